The van der Waals surface area contributed by atoms with Gasteiger partial charge in [0, 0.05) is 51.0 Å². The van der Waals surface area contributed by atoms with Crippen molar-refractivity contribution < 1.29 is 0 Å². The quantitative estimate of drug-likeness (QED) is 0.830. The van der Waals surface area contributed by atoms with E-state index in [1.54, 1.807) is 6.07 Å². The highest BCUT2D eigenvalue weighted by atomic mass is 16.1. The molecule has 2 aliphatic rings. The summed E-state index contributed by atoms with van der Waals surface area (Å²) in [6.07, 6.45) is 4.38. The van der Waals surface area contributed by atoms with Crippen LogP contribution in [0.2, 0.25) is 0 Å². The Bertz CT molecular complexity index is 444. The molecule has 0 aromatic carbocycles. The average Bonchev–Trinajstić information content (AvgIpc) is 3.17. The lowest BCUT2D eigenvalue weighted by molar-refractivity contribution is 0.232. The van der Waals surface area contributed by atoms with Crippen molar-refractivity contribution in [3.05, 3.63) is 34.2 Å². The van der Waals surface area contributed by atoms with Gasteiger partial charge in [0.15, 0.2) is 0 Å². The number of pyridine rings is 1. The highest BCUT2D eigenvalue weighted by Gasteiger charge is 2.24. The lowest BCUT2D eigenvalue weighted by Gasteiger charge is -2.27. The number of piperazine rings is 1. The first-order chi connectivity index (χ1) is 8.33. The maximum absolute atomic E-state index is 11.7. The maximum atomic E-state index is 11.7. The Morgan fingerprint density at radius 1 is 1.24 bits per heavy atom. The van der Waals surface area contributed by atoms with Crippen LogP contribution in [-0.2, 0) is 6.54 Å². The predicted molar refractivity (Wildman–Crippen MR) is 67.1 cm³/mol. The van der Waals surface area contributed by atoms with Crippen molar-refractivity contribution in [1.29, 1.82) is 0 Å². The van der Waals surface area contributed by atoms with Crippen LogP contribution in [0.15, 0.2) is 23.1 Å². The zero-order chi connectivity index (χ0) is 11.7. The molecule has 92 valence electrons. The summed E-state index contributed by atoms with van der Waals surface area (Å²) >= 11 is 0. The van der Waals surface area contributed by atoms with E-state index < -0.39 is 0 Å². The van der Waals surface area contributed by atoms with E-state index in [9.17, 15) is 4.79 Å². The molecule has 0 amide bonds. The van der Waals surface area contributed by atoms with Crippen LogP contribution in [0.1, 0.15) is 24.4 Å². The minimum absolute atomic E-state index is 0.150. The molecule has 1 aliphatic heterocycles. The SMILES string of the molecule is O=c1ccc(CN2CCNCC2)cn1C1CC1. The van der Waals surface area contributed by atoms with Gasteiger partial charge in [0.2, 0.25) is 0 Å². The van der Waals surface area contributed by atoms with Gasteiger partial charge >= 0.3 is 0 Å². The van der Waals surface area contributed by atoms with Crippen LogP contribution in [0, 0.1) is 0 Å². The van der Waals surface area contributed by atoms with Crippen LogP contribution >= 0.6 is 0 Å². The Kier molecular flexibility index (Phi) is 2.99. The second-order valence-electron chi connectivity index (χ2n) is 5.04. The van der Waals surface area contributed by atoms with Crippen molar-refractivity contribution in [1.82, 2.24) is 14.8 Å². The van der Waals surface area contributed by atoms with Crippen LogP contribution in [0.4, 0.5) is 0 Å². The van der Waals surface area contributed by atoms with E-state index in [1.807, 2.05) is 10.6 Å². The van der Waals surface area contributed by atoms with Crippen LogP contribution in [-0.4, -0.2) is 35.6 Å². The van der Waals surface area contributed by atoms with Crippen molar-refractivity contribution >= 4 is 0 Å². The second-order valence-corrected chi connectivity index (χ2v) is 5.04. The molecule has 2 fully saturated rings. The fourth-order valence-corrected chi connectivity index (χ4v) is 2.41. The van der Waals surface area contributed by atoms with Gasteiger partial charge in [-0.15, -0.1) is 0 Å². The summed E-state index contributed by atoms with van der Waals surface area (Å²) in [5.41, 5.74) is 1.41. The molecule has 1 aliphatic carbocycles. The molecule has 1 N–H and O–H groups in total. The van der Waals surface area contributed by atoms with Crippen LogP contribution in [0.3, 0.4) is 0 Å². The molecule has 17 heavy (non-hydrogen) atoms. The van der Waals surface area contributed by atoms with E-state index >= 15 is 0 Å². The Hall–Kier alpha value is -1.13. The Balaban J connectivity index is 1.73. The number of rotatable bonds is 3. The van der Waals surface area contributed by atoms with Crippen molar-refractivity contribution in [2.24, 2.45) is 0 Å². The van der Waals surface area contributed by atoms with Gasteiger partial charge in [0.25, 0.3) is 5.56 Å². The van der Waals surface area contributed by atoms with Crippen LogP contribution in [0.25, 0.3) is 0 Å². The molecule has 1 aromatic heterocycles. The van der Waals surface area contributed by atoms with E-state index in [1.165, 1.54) is 5.56 Å². The summed E-state index contributed by atoms with van der Waals surface area (Å²) in [6, 6.07) is 4.17. The molecule has 1 saturated heterocycles. The summed E-state index contributed by atoms with van der Waals surface area (Å²) in [4.78, 5) is 14.1. The predicted octanol–water partition coefficient (Wildman–Crippen LogP) is 0.588. The molecular formula is C13H19N3O. The fraction of sp³-hybridized carbons (Fsp3) is 0.615. The van der Waals surface area contributed by atoms with Gasteiger partial charge in [-0.1, -0.05) is 6.07 Å². The highest BCUT2D eigenvalue weighted by molar-refractivity contribution is 5.12. The monoisotopic (exact) mass is 233 g/mol. The zero-order valence-corrected chi connectivity index (χ0v) is 10.1. The second kappa shape index (κ2) is 4.63. The summed E-state index contributed by atoms with van der Waals surface area (Å²) in [5.74, 6) is 0. The van der Waals surface area contributed by atoms with Crippen molar-refractivity contribution in [3.8, 4) is 0 Å². The van der Waals surface area contributed by atoms with E-state index in [4.69, 9.17) is 0 Å². The average molecular weight is 233 g/mol. The van der Waals surface area contributed by atoms with Gasteiger partial charge in [-0.3, -0.25) is 9.69 Å². The first kappa shape index (κ1) is 11.0. The zero-order valence-electron chi connectivity index (χ0n) is 10.1. The van der Waals surface area contributed by atoms with Gasteiger partial charge in [-0.05, 0) is 18.4 Å². The van der Waals surface area contributed by atoms with Gasteiger partial charge < -0.3 is 9.88 Å². The van der Waals surface area contributed by atoms with Gasteiger partial charge in [-0.2, -0.15) is 0 Å². The highest BCUT2D eigenvalue weighted by Crippen LogP contribution is 2.33. The van der Waals surface area contributed by atoms with E-state index in [0.717, 1.165) is 45.6 Å². The van der Waals surface area contributed by atoms with E-state index in [0.29, 0.717) is 6.04 Å². The summed E-state index contributed by atoms with van der Waals surface area (Å²) < 4.78 is 1.91. The van der Waals surface area contributed by atoms with Crippen molar-refractivity contribution in [3.63, 3.8) is 0 Å². The Morgan fingerprint density at radius 2 is 2.00 bits per heavy atom. The molecule has 1 aromatic rings. The van der Waals surface area contributed by atoms with E-state index in [2.05, 4.69) is 16.4 Å². The molecule has 2 heterocycles. The molecular weight excluding hydrogens is 214 g/mol. The molecule has 0 atom stereocenters. The maximum Gasteiger partial charge on any atom is 0.250 e. The molecule has 0 unspecified atom stereocenters. The molecule has 0 radical (unpaired) electrons. The Labute approximate surface area is 101 Å². The minimum atomic E-state index is 0.150. The standard InChI is InChI=1S/C13H19N3O/c17-13-4-1-11(10-16(13)12-2-3-12)9-15-7-5-14-6-8-15/h1,4,10,12,14H,2-3,5-9H2. The lowest BCUT2D eigenvalue weighted by Crippen LogP contribution is -2.43. The number of aromatic nitrogens is 1. The van der Waals surface area contributed by atoms with Crippen LogP contribution < -0.4 is 10.9 Å². The number of hydrogen-bond donors (Lipinski definition) is 1. The minimum Gasteiger partial charge on any atom is -0.314 e. The molecule has 0 spiro atoms. The first-order valence-corrected chi connectivity index (χ1v) is 6.47. The van der Waals surface area contributed by atoms with Crippen molar-refractivity contribution in [2.75, 3.05) is 26.2 Å². The molecule has 0 bridgehead atoms. The smallest absolute Gasteiger partial charge is 0.250 e. The summed E-state index contributed by atoms with van der Waals surface area (Å²) in [7, 11) is 0. The third kappa shape index (κ3) is 2.58. The van der Waals surface area contributed by atoms with Gasteiger partial charge in [0.1, 0.15) is 0 Å². The number of hydrogen-bond acceptors (Lipinski definition) is 3. The van der Waals surface area contributed by atoms with Crippen molar-refractivity contribution in [2.45, 2.75) is 25.4 Å². The third-order valence-corrected chi connectivity index (χ3v) is 3.56. The normalized spacial score (nSPS) is 21.6. The molecule has 4 nitrogen and oxygen atoms in total. The molecule has 1 saturated carbocycles. The number of nitrogens with zero attached hydrogens (tertiary/aromatic N) is 2. The van der Waals surface area contributed by atoms with E-state index in [-0.39, 0.29) is 5.56 Å². The first-order valence-electron chi connectivity index (χ1n) is 6.47. The summed E-state index contributed by atoms with van der Waals surface area (Å²) in [6.45, 7) is 5.31. The van der Waals surface area contributed by atoms with Crippen LogP contribution in [0.5, 0.6) is 0 Å². The molecule has 3 rings (SSSR count). The molecule has 4 heteroatoms. The van der Waals surface area contributed by atoms with Gasteiger partial charge in [0.05, 0.1) is 0 Å². The fourth-order valence-electron chi connectivity index (χ4n) is 2.41. The third-order valence-electron chi connectivity index (χ3n) is 3.56. The summed E-state index contributed by atoms with van der Waals surface area (Å²) in [5, 5.41) is 3.35. The topological polar surface area (TPSA) is 37.3 Å². The largest absolute Gasteiger partial charge is 0.314 e. The van der Waals surface area contributed by atoms with Gasteiger partial charge in [-0.25, -0.2) is 0 Å². The number of nitrogens with one attached hydrogen (secondary N) is 1. The Morgan fingerprint density at radius 3 is 2.71 bits per heavy atom. The lowest BCUT2D eigenvalue weighted by atomic mass is 10.2.